The molecule has 1 aliphatic rings. The Balaban J connectivity index is 1.96. The lowest BCUT2D eigenvalue weighted by Crippen LogP contribution is -2.38. The number of nitrogens with one attached hydrogen (secondary N) is 1. The lowest BCUT2D eigenvalue weighted by atomic mass is 9.88. The average molecular weight is 293 g/mol. The summed E-state index contributed by atoms with van der Waals surface area (Å²) in [7, 11) is 0. The molecule has 0 saturated carbocycles. The van der Waals surface area contributed by atoms with Crippen molar-refractivity contribution in [2.75, 3.05) is 0 Å². The summed E-state index contributed by atoms with van der Waals surface area (Å²) < 4.78 is 5.45. The molecule has 0 bridgehead atoms. The number of fused-ring (bicyclic) bond motifs is 1. The molecule has 118 valence electrons. The van der Waals surface area contributed by atoms with E-state index >= 15 is 0 Å². The van der Waals surface area contributed by atoms with Gasteiger partial charge in [0, 0.05) is 12.0 Å². The standard InChI is InChI=1S/C17H27NO3/c1-3-9-17(20,10-4-2)12-16(19)18-14-6-5-7-15-13(14)8-11-21-15/h8,11,14,20H,3-7,9-10,12H2,1-2H3,(H,18,19). The van der Waals surface area contributed by atoms with Crippen LogP contribution in [0.4, 0.5) is 0 Å². The highest BCUT2D eigenvalue weighted by molar-refractivity contribution is 5.77. The van der Waals surface area contributed by atoms with Gasteiger partial charge in [0.1, 0.15) is 5.76 Å². The maximum Gasteiger partial charge on any atom is 0.223 e. The molecule has 2 N–H and O–H groups in total. The van der Waals surface area contributed by atoms with Crippen molar-refractivity contribution in [3.05, 3.63) is 23.7 Å². The molecule has 4 nitrogen and oxygen atoms in total. The van der Waals surface area contributed by atoms with Crippen molar-refractivity contribution in [1.29, 1.82) is 0 Å². The van der Waals surface area contributed by atoms with Crippen molar-refractivity contribution in [3.8, 4) is 0 Å². The van der Waals surface area contributed by atoms with Crippen LogP contribution in [0.25, 0.3) is 0 Å². The number of hydrogen-bond acceptors (Lipinski definition) is 3. The smallest absolute Gasteiger partial charge is 0.223 e. The van der Waals surface area contributed by atoms with E-state index in [4.69, 9.17) is 4.42 Å². The first-order chi connectivity index (χ1) is 10.1. The van der Waals surface area contributed by atoms with Crippen molar-refractivity contribution < 1.29 is 14.3 Å². The Morgan fingerprint density at radius 2 is 2.14 bits per heavy atom. The van der Waals surface area contributed by atoms with Crippen molar-refractivity contribution in [2.45, 2.75) is 76.9 Å². The summed E-state index contributed by atoms with van der Waals surface area (Å²) in [6, 6.07) is 1.98. The molecule has 1 atom stereocenters. The van der Waals surface area contributed by atoms with Crippen molar-refractivity contribution in [3.63, 3.8) is 0 Å². The summed E-state index contributed by atoms with van der Waals surface area (Å²) in [6.07, 6.45) is 7.93. The Bertz CT molecular complexity index is 460. The average Bonchev–Trinajstić information content (AvgIpc) is 2.88. The molecule has 0 aromatic carbocycles. The van der Waals surface area contributed by atoms with Crippen molar-refractivity contribution >= 4 is 5.91 Å². The topological polar surface area (TPSA) is 62.5 Å². The minimum absolute atomic E-state index is 0.0347. The van der Waals surface area contributed by atoms with Gasteiger partial charge in [-0.15, -0.1) is 0 Å². The minimum Gasteiger partial charge on any atom is -0.469 e. The van der Waals surface area contributed by atoms with Gasteiger partial charge in [-0.25, -0.2) is 0 Å². The van der Waals surface area contributed by atoms with Crippen LogP contribution in [-0.2, 0) is 11.2 Å². The first-order valence-electron chi connectivity index (χ1n) is 8.16. The summed E-state index contributed by atoms with van der Waals surface area (Å²) >= 11 is 0. The number of furan rings is 1. The van der Waals surface area contributed by atoms with Crippen LogP contribution < -0.4 is 5.32 Å². The zero-order valence-corrected chi connectivity index (χ0v) is 13.2. The van der Waals surface area contributed by atoms with Crippen LogP contribution in [0.15, 0.2) is 16.7 Å². The first-order valence-corrected chi connectivity index (χ1v) is 8.16. The zero-order valence-electron chi connectivity index (χ0n) is 13.2. The Kier molecular flexibility index (Phi) is 5.45. The van der Waals surface area contributed by atoms with Gasteiger partial charge in [-0.05, 0) is 31.7 Å². The molecule has 0 saturated heterocycles. The highest BCUT2D eigenvalue weighted by Crippen LogP contribution is 2.31. The minimum atomic E-state index is -0.860. The first kappa shape index (κ1) is 16.1. The molecule has 1 unspecified atom stereocenters. The van der Waals surface area contributed by atoms with Crippen LogP contribution in [0.1, 0.15) is 76.2 Å². The number of rotatable bonds is 7. The van der Waals surface area contributed by atoms with Gasteiger partial charge in [0.2, 0.25) is 5.91 Å². The molecule has 0 spiro atoms. The summed E-state index contributed by atoms with van der Waals surface area (Å²) in [5, 5.41) is 13.7. The normalized spacial score (nSPS) is 18.3. The Morgan fingerprint density at radius 1 is 1.43 bits per heavy atom. The second-order valence-corrected chi connectivity index (χ2v) is 6.21. The van der Waals surface area contributed by atoms with E-state index < -0.39 is 5.60 Å². The van der Waals surface area contributed by atoms with Gasteiger partial charge in [-0.1, -0.05) is 26.7 Å². The van der Waals surface area contributed by atoms with Gasteiger partial charge in [-0.3, -0.25) is 4.79 Å². The van der Waals surface area contributed by atoms with Gasteiger partial charge in [0.15, 0.2) is 0 Å². The van der Waals surface area contributed by atoms with E-state index in [1.54, 1.807) is 6.26 Å². The lowest BCUT2D eigenvalue weighted by molar-refractivity contribution is -0.127. The monoisotopic (exact) mass is 293 g/mol. The van der Waals surface area contributed by atoms with Gasteiger partial charge >= 0.3 is 0 Å². The van der Waals surface area contributed by atoms with E-state index in [1.165, 1.54) is 0 Å². The van der Waals surface area contributed by atoms with Gasteiger partial charge in [0.05, 0.1) is 24.3 Å². The molecule has 1 heterocycles. The fourth-order valence-corrected chi connectivity index (χ4v) is 3.41. The van der Waals surface area contributed by atoms with E-state index in [-0.39, 0.29) is 18.4 Å². The molecule has 21 heavy (non-hydrogen) atoms. The van der Waals surface area contributed by atoms with E-state index in [2.05, 4.69) is 5.32 Å². The molecule has 2 rings (SSSR count). The third-order valence-electron chi connectivity index (χ3n) is 4.31. The van der Waals surface area contributed by atoms with Crippen LogP contribution in [0.5, 0.6) is 0 Å². The maximum absolute atomic E-state index is 12.3. The predicted octanol–water partition coefficient (Wildman–Crippen LogP) is 3.49. The zero-order chi connectivity index (χ0) is 15.3. The van der Waals surface area contributed by atoms with Crippen LogP contribution in [0.3, 0.4) is 0 Å². The Hall–Kier alpha value is -1.29. The van der Waals surface area contributed by atoms with E-state index in [0.717, 1.165) is 43.4 Å². The van der Waals surface area contributed by atoms with Crippen LogP contribution in [-0.4, -0.2) is 16.6 Å². The SMILES string of the molecule is CCCC(O)(CCC)CC(=O)NC1CCCc2occc21. The second kappa shape index (κ2) is 7.12. The molecule has 0 aliphatic heterocycles. The lowest BCUT2D eigenvalue weighted by Gasteiger charge is -2.29. The van der Waals surface area contributed by atoms with Gasteiger partial charge in [0.25, 0.3) is 0 Å². The van der Waals surface area contributed by atoms with Gasteiger partial charge in [-0.2, -0.15) is 0 Å². The molecule has 4 heteroatoms. The predicted molar refractivity (Wildman–Crippen MR) is 81.9 cm³/mol. The van der Waals surface area contributed by atoms with Crippen LogP contribution in [0, 0.1) is 0 Å². The molecular formula is C17H27NO3. The maximum atomic E-state index is 12.3. The number of carbonyl (C=O) groups excluding carboxylic acids is 1. The van der Waals surface area contributed by atoms with E-state index in [9.17, 15) is 9.90 Å². The molecule has 1 aromatic rings. The molecule has 0 radical (unpaired) electrons. The third kappa shape index (κ3) is 4.10. The number of carbonyl (C=O) groups is 1. The van der Waals surface area contributed by atoms with Gasteiger partial charge < -0.3 is 14.8 Å². The van der Waals surface area contributed by atoms with Crippen molar-refractivity contribution in [1.82, 2.24) is 5.32 Å². The Labute approximate surface area is 126 Å². The fraction of sp³-hybridized carbons (Fsp3) is 0.706. The highest BCUT2D eigenvalue weighted by atomic mass is 16.3. The summed E-state index contributed by atoms with van der Waals surface area (Å²) in [5.74, 6) is 0.933. The molecule has 0 fully saturated rings. The highest BCUT2D eigenvalue weighted by Gasteiger charge is 2.30. The third-order valence-corrected chi connectivity index (χ3v) is 4.31. The number of amides is 1. The van der Waals surface area contributed by atoms with Crippen LogP contribution in [0.2, 0.25) is 0 Å². The second-order valence-electron chi connectivity index (χ2n) is 6.21. The molecule has 1 amide bonds. The molecule has 1 aliphatic carbocycles. The largest absolute Gasteiger partial charge is 0.469 e. The molecule has 1 aromatic heterocycles. The van der Waals surface area contributed by atoms with Crippen LogP contribution >= 0.6 is 0 Å². The van der Waals surface area contributed by atoms with E-state index in [1.807, 2.05) is 19.9 Å². The Morgan fingerprint density at radius 3 is 2.81 bits per heavy atom. The number of aryl methyl sites for hydroxylation is 1. The van der Waals surface area contributed by atoms with E-state index in [0.29, 0.717) is 12.8 Å². The van der Waals surface area contributed by atoms with Crippen molar-refractivity contribution in [2.24, 2.45) is 0 Å². The summed E-state index contributed by atoms with van der Waals surface area (Å²) in [5.41, 5.74) is 0.241. The quantitative estimate of drug-likeness (QED) is 0.809. The molecular weight excluding hydrogens is 266 g/mol. The summed E-state index contributed by atoms with van der Waals surface area (Å²) in [4.78, 5) is 12.3. The number of aliphatic hydroxyl groups is 1. The fourth-order valence-electron chi connectivity index (χ4n) is 3.41. The summed E-state index contributed by atoms with van der Waals surface area (Å²) in [6.45, 7) is 4.08. The number of hydrogen-bond donors (Lipinski definition) is 2.